The first-order chi connectivity index (χ1) is 9.52. The number of nitro benzene ring substituents is 1. The lowest BCUT2D eigenvalue weighted by atomic mass is 9.90. The fourth-order valence-electron chi connectivity index (χ4n) is 2.88. The average molecular weight is 342 g/mol. The van der Waals surface area contributed by atoms with E-state index in [1.807, 2.05) is 20.2 Å². The molecule has 1 aliphatic rings. The van der Waals surface area contributed by atoms with Gasteiger partial charge in [0.1, 0.15) is 5.69 Å². The van der Waals surface area contributed by atoms with Crippen molar-refractivity contribution in [3.8, 4) is 0 Å². The molecule has 0 saturated heterocycles. The maximum atomic E-state index is 11.2. The number of nitrogens with zero attached hydrogens (tertiary/aromatic N) is 2. The third kappa shape index (κ3) is 3.30. The average Bonchev–Trinajstić information content (AvgIpc) is 2.46. The third-order valence-corrected chi connectivity index (χ3v) is 4.66. The van der Waals surface area contributed by atoms with Crippen LogP contribution in [0.2, 0.25) is 0 Å². The predicted octanol–water partition coefficient (Wildman–Crippen LogP) is 3.32. The summed E-state index contributed by atoms with van der Waals surface area (Å²) in [4.78, 5) is 12.9. The van der Waals surface area contributed by atoms with Crippen molar-refractivity contribution in [1.29, 1.82) is 0 Å². The lowest BCUT2D eigenvalue weighted by molar-refractivity contribution is -0.384. The third-order valence-electron chi connectivity index (χ3n) is 4.17. The SMILES string of the molecule is CNC1CCC(N(C)c2cc(Br)ccc2[N+](=O)[O-])CC1. The molecule has 1 aliphatic carbocycles. The molecule has 0 aliphatic heterocycles. The van der Waals surface area contributed by atoms with E-state index in [9.17, 15) is 10.1 Å². The maximum Gasteiger partial charge on any atom is 0.292 e. The lowest BCUT2D eigenvalue weighted by Crippen LogP contribution is -2.40. The Kier molecular flexibility index (Phi) is 4.99. The van der Waals surface area contributed by atoms with Crippen molar-refractivity contribution >= 4 is 27.3 Å². The molecule has 1 aromatic rings. The van der Waals surface area contributed by atoms with E-state index in [0.717, 1.165) is 30.2 Å². The van der Waals surface area contributed by atoms with E-state index < -0.39 is 0 Å². The second-order valence-electron chi connectivity index (χ2n) is 5.30. The van der Waals surface area contributed by atoms with Gasteiger partial charge < -0.3 is 10.2 Å². The summed E-state index contributed by atoms with van der Waals surface area (Å²) in [7, 11) is 3.95. The van der Waals surface area contributed by atoms with Gasteiger partial charge in [0.05, 0.1) is 4.92 Å². The highest BCUT2D eigenvalue weighted by Gasteiger charge is 2.27. The number of halogens is 1. The van der Waals surface area contributed by atoms with E-state index in [-0.39, 0.29) is 10.6 Å². The Labute approximate surface area is 127 Å². The fraction of sp³-hybridized carbons (Fsp3) is 0.571. The Morgan fingerprint density at radius 1 is 1.35 bits per heavy atom. The van der Waals surface area contributed by atoms with Crippen LogP contribution in [0.3, 0.4) is 0 Å². The summed E-state index contributed by atoms with van der Waals surface area (Å²) in [5.74, 6) is 0. The minimum Gasteiger partial charge on any atom is -0.366 e. The summed E-state index contributed by atoms with van der Waals surface area (Å²) in [6.45, 7) is 0. The van der Waals surface area contributed by atoms with Gasteiger partial charge in [0.15, 0.2) is 0 Å². The van der Waals surface area contributed by atoms with Crippen molar-refractivity contribution in [2.75, 3.05) is 19.0 Å². The molecule has 2 rings (SSSR count). The Morgan fingerprint density at radius 3 is 2.55 bits per heavy atom. The molecular weight excluding hydrogens is 322 g/mol. The number of anilines is 1. The highest BCUT2D eigenvalue weighted by molar-refractivity contribution is 9.10. The maximum absolute atomic E-state index is 11.2. The largest absolute Gasteiger partial charge is 0.366 e. The summed E-state index contributed by atoms with van der Waals surface area (Å²) < 4.78 is 0.869. The summed E-state index contributed by atoms with van der Waals surface area (Å²) in [5, 5.41) is 14.5. The smallest absolute Gasteiger partial charge is 0.292 e. The topological polar surface area (TPSA) is 58.4 Å². The molecule has 0 heterocycles. The highest BCUT2D eigenvalue weighted by Crippen LogP contribution is 2.34. The summed E-state index contributed by atoms with van der Waals surface area (Å²) in [6.07, 6.45) is 4.36. The number of hydrogen-bond donors (Lipinski definition) is 1. The van der Waals surface area contributed by atoms with E-state index in [1.165, 1.54) is 0 Å². The molecule has 1 N–H and O–H groups in total. The zero-order valence-corrected chi connectivity index (χ0v) is 13.4. The van der Waals surface area contributed by atoms with Gasteiger partial charge >= 0.3 is 0 Å². The van der Waals surface area contributed by atoms with Crippen LogP contribution in [0.1, 0.15) is 25.7 Å². The van der Waals surface area contributed by atoms with Gasteiger partial charge in [0, 0.05) is 29.7 Å². The van der Waals surface area contributed by atoms with Gasteiger partial charge in [-0.3, -0.25) is 10.1 Å². The van der Waals surface area contributed by atoms with Crippen LogP contribution < -0.4 is 10.2 Å². The highest BCUT2D eigenvalue weighted by atomic mass is 79.9. The van der Waals surface area contributed by atoms with Crippen LogP contribution >= 0.6 is 15.9 Å². The van der Waals surface area contributed by atoms with Crippen molar-refractivity contribution in [3.05, 3.63) is 32.8 Å². The zero-order chi connectivity index (χ0) is 14.7. The molecule has 0 aromatic heterocycles. The van der Waals surface area contributed by atoms with Crippen molar-refractivity contribution in [3.63, 3.8) is 0 Å². The van der Waals surface area contributed by atoms with Gasteiger partial charge in [0.2, 0.25) is 0 Å². The van der Waals surface area contributed by atoms with Crippen LogP contribution in [0.5, 0.6) is 0 Å². The minimum absolute atomic E-state index is 0.173. The van der Waals surface area contributed by atoms with Crippen LogP contribution in [-0.4, -0.2) is 31.1 Å². The molecule has 0 unspecified atom stereocenters. The standard InChI is InChI=1S/C14H20BrN3O2/c1-16-11-4-6-12(7-5-11)17(2)14-9-10(15)3-8-13(14)18(19)20/h3,8-9,11-12,16H,4-7H2,1-2H3. The van der Waals surface area contributed by atoms with Gasteiger partial charge in [-0.25, -0.2) is 0 Å². The van der Waals surface area contributed by atoms with Gasteiger partial charge in [-0.1, -0.05) is 15.9 Å². The monoisotopic (exact) mass is 341 g/mol. The van der Waals surface area contributed by atoms with Gasteiger partial charge in [-0.05, 0) is 44.9 Å². The molecule has 1 saturated carbocycles. The Hall–Kier alpha value is -1.14. The van der Waals surface area contributed by atoms with Crippen LogP contribution in [0.25, 0.3) is 0 Å². The first-order valence-corrected chi connectivity index (χ1v) is 7.66. The quantitative estimate of drug-likeness (QED) is 0.674. The molecule has 6 heteroatoms. The second kappa shape index (κ2) is 6.54. The molecule has 1 aromatic carbocycles. The molecule has 1 fully saturated rings. The van der Waals surface area contributed by atoms with Gasteiger partial charge in [-0.2, -0.15) is 0 Å². The molecule has 5 nitrogen and oxygen atoms in total. The van der Waals surface area contributed by atoms with Crippen LogP contribution in [0, 0.1) is 10.1 Å². The minimum atomic E-state index is -0.308. The van der Waals surface area contributed by atoms with E-state index in [4.69, 9.17) is 0 Å². The molecule has 0 amide bonds. The van der Waals surface area contributed by atoms with E-state index in [1.54, 1.807) is 12.1 Å². The Morgan fingerprint density at radius 2 is 2.00 bits per heavy atom. The van der Waals surface area contributed by atoms with E-state index in [2.05, 4.69) is 26.1 Å². The fourth-order valence-corrected chi connectivity index (χ4v) is 3.23. The number of hydrogen-bond acceptors (Lipinski definition) is 4. The Bertz CT molecular complexity index is 487. The zero-order valence-electron chi connectivity index (χ0n) is 11.8. The summed E-state index contributed by atoms with van der Waals surface area (Å²) in [5.41, 5.74) is 0.865. The summed E-state index contributed by atoms with van der Waals surface area (Å²) in [6, 6.07) is 6.06. The summed E-state index contributed by atoms with van der Waals surface area (Å²) >= 11 is 3.40. The predicted molar refractivity (Wildman–Crippen MR) is 84.3 cm³/mol. The van der Waals surface area contributed by atoms with Crippen molar-refractivity contribution in [1.82, 2.24) is 5.32 Å². The van der Waals surface area contributed by atoms with Crippen molar-refractivity contribution in [2.45, 2.75) is 37.8 Å². The molecule has 0 bridgehead atoms. The van der Waals surface area contributed by atoms with Crippen LogP contribution in [0.15, 0.2) is 22.7 Å². The first-order valence-electron chi connectivity index (χ1n) is 6.87. The number of nitro groups is 1. The molecule has 0 radical (unpaired) electrons. The lowest BCUT2D eigenvalue weighted by Gasteiger charge is -2.35. The van der Waals surface area contributed by atoms with Crippen LogP contribution in [0.4, 0.5) is 11.4 Å². The van der Waals surface area contributed by atoms with Crippen molar-refractivity contribution < 1.29 is 4.92 Å². The van der Waals surface area contributed by atoms with Gasteiger partial charge in [0.25, 0.3) is 5.69 Å². The number of benzene rings is 1. The number of nitrogens with one attached hydrogen (secondary N) is 1. The van der Waals surface area contributed by atoms with Gasteiger partial charge in [-0.15, -0.1) is 0 Å². The van der Waals surface area contributed by atoms with E-state index >= 15 is 0 Å². The normalized spacial score (nSPS) is 22.6. The molecule has 0 atom stereocenters. The Balaban J connectivity index is 2.18. The van der Waals surface area contributed by atoms with Crippen molar-refractivity contribution in [2.24, 2.45) is 0 Å². The van der Waals surface area contributed by atoms with Crippen LogP contribution in [-0.2, 0) is 0 Å². The first kappa shape index (κ1) is 15.3. The van der Waals surface area contributed by atoms with E-state index in [0.29, 0.717) is 17.8 Å². The molecular formula is C14H20BrN3O2. The molecule has 110 valence electrons. The molecule has 20 heavy (non-hydrogen) atoms. The molecule has 0 spiro atoms. The second-order valence-corrected chi connectivity index (χ2v) is 6.21. The number of rotatable bonds is 4.